The van der Waals surface area contributed by atoms with Crippen LogP contribution in [0.15, 0.2) is 72.3 Å². The summed E-state index contributed by atoms with van der Waals surface area (Å²) in [4.78, 5) is 148. The third-order valence-electron chi connectivity index (χ3n) is 28.8. The van der Waals surface area contributed by atoms with E-state index in [4.69, 9.17) is 67.3 Å². The fraction of sp³-hybridized carbons (Fsp3) is 0.713. The first-order valence-corrected chi connectivity index (χ1v) is 52.7. The largest absolute Gasteiger partial charge is 0.444 e. The van der Waals surface area contributed by atoms with Crippen molar-refractivity contribution in [2.45, 2.75) is 295 Å². The van der Waals surface area contributed by atoms with Crippen molar-refractivity contribution in [1.82, 2.24) is 30.9 Å². The molecular formula is C108H161F2N10O25+. The number of primary amides is 1. The average molecular weight is 2040 g/mol. The van der Waals surface area contributed by atoms with Gasteiger partial charge in [0.2, 0.25) is 17.7 Å². The fourth-order valence-electron chi connectivity index (χ4n) is 20.9. The number of urea groups is 1. The third-order valence-corrected chi connectivity index (χ3v) is 28.8. The molecular weight excluding hydrogens is 1880 g/mol. The van der Waals surface area contributed by atoms with Crippen LogP contribution in [0.25, 0.3) is 0 Å². The van der Waals surface area contributed by atoms with Gasteiger partial charge in [-0.1, -0.05) is 101 Å². The topological polar surface area (TPSA) is 445 Å². The number of ketones is 6. The smallest absolute Gasteiger partial charge is 0.411 e. The molecule has 145 heavy (non-hydrogen) atoms. The number of nitrogens with two attached hydrogens (primary N) is 1. The highest BCUT2D eigenvalue weighted by Crippen LogP contribution is 2.72. The summed E-state index contributed by atoms with van der Waals surface area (Å²) in [6, 6.07) is 11.5. The number of ether oxygens (including phenoxy) is 13. The van der Waals surface area contributed by atoms with Crippen molar-refractivity contribution in [2.24, 2.45) is 46.2 Å². The van der Waals surface area contributed by atoms with Crippen molar-refractivity contribution in [1.29, 1.82) is 0 Å². The van der Waals surface area contributed by atoms with Crippen LogP contribution in [-0.2, 0) is 131 Å². The number of Topliss-reactive ketones (excluding diaryl/α,β-unsaturated/α-hetero) is 5. The maximum absolute atomic E-state index is 18.1. The molecule has 3 unspecified atom stereocenters. The van der Waals surface area contributed by atoms with E-state index in [2.05, 4.69) is 69.9 Å². The van der Waals surface area contributed by atoms with Gasteiger partial charge in [0.1, 0.15) is 55.5 Å². The van der Waals surface area contributed by atoms with E-state index in [0.29, 0.717) is 173 Å². The Morgan fingerprint density at radius 2 is 1.26 bits per heavy atom. The zero-order valence-corrected chi connectivity index (χ0v) is 86.6. The normalized spacial score (nSPS) is 23.8. The van der Waals surface area contributed by atoms with Crippen molar-refractivity contribution >= 4 is 75.9 Å². The molecule has 4 fully saturated rings. The number of rotatable bonds is 69. The highest BCUT2D eigenvalue weighted by Gasteiger charge is 2.80. The molecule has 2 heterocycles. The molecule has 0 bridgehead atoms. The van der Waals surface area contributed by atoms with Crippen molar-refractivity contribution in [3.63, 3.8) is 0 Å². The summed E-state index contributed by atoms with van der Waals surface area (Å²) >= 11 is 0. The molecule has 37 heteroatoms. The fourth-order valence-corrected chi connectivity index (χ4v) is 20.9. The number of unbranched alkanes of at least 4 members (excludes halogenated alkanes) is 1. The number of carbonyl (C=O) groups is 11. The number of aromatic nitrogens is 3. The first-order chi connectivity index (χ1) is 69.7. The molecule has 806 valence electrons. The van der Waals surface area contributed by atoms with Gasteiger partial charge in [0, 0.05) is 117 Å². The van der Waals surface area contributed by atoms with E-state index in [1.165, 1.54) is 12.2 Å². The van der Waals surface area contributed by atoms with Crippen LogP contribution in [0, 0.1) is 52.3 Å². The molecule has 15 atom stereocenters. The summed E-state index contributed by atoms with van der Waals surface area (Å²) in [5.41, 5.74) is 2.48. The molecule has 6 amide bonds. The first-order valence-electron chi connectivity index (χ1n) is 52.7. The SMILES string of the molecule is CCCC1O[C@@H]2C[C@H]3[C@@H]4C[C@H](F)C5=CC(=O)C=C[C@]5(C)[C@@]4(F)[C@@H](O)C[C@]3(C)[C@]2(C(=O)CCc2ccc(NC(=O)OCc3ccc(NC(=O)[C@H](CCCNC(N)=O)CC(=O)[C@@H](NC(=O)[C@@H](CCCCNC(=O)COC4CCCCCc5c4nnn5CCOCCOCCOCCOCCC(=O)CCC[N+](C)(C)C)CC(=O)CCOCCOCCOCCOCCCC(=O)COC4C#CCCCCC4)C(C)C)cc3)cc2)O1. The number of aliphatic hydroxyl groups is 1. The molecule has 1 saturated heterocycles. The summed E-state index contributed by atoms with van der Waals surface area (Å²) < 4.78 is 113. The second-order valence-electron chi connectivity index (χ2n) is 41.1. The number of hydrogen-bond donors (Lipinski definition) is 7. The van der Waals surface area contributed by atoms with Crippen molar-refractivity contribution in [2.75, 3.05) is 170 Å². The second kappa shape index (κ2) is 60.5. The number of carbonyl (C=O) groups excluding carboxylic acids is 11. The molecule has 10 rings (SSSR count). The molecule has 2 aromatic carbocycles. The average Bonchev–Trinajstić information content (AvgIpc) is 1.53. The first kappa shape index (κ1) is 118. The Labute approximate surface area is 853 Å². The number of alkyl halides is 2. The lowest BCUT2D eigenvalue weighted by Crippen LogP contribution is -2.70. The van der Waals surface area contributed by atoms with Crippen molar-refractivity contribution < 1.29 is 133 Å². The summed E-state index contributed by atoms with van der Waals surface area (Å²) in [5.74, 6) is -0.307. The monoisotopic (exact) mass is 2040 g/mol. The number of amides is 6. The number of aliphatic hydroxyl groups excluding tert-OH is 1. The highest BCUT2D eigenvalue weighted by atomic mass is 19.1. The predicted octanol–water partition coefficient (Wildman–Crippen LogP) is 12.2. The third kappa shape index (κ3) is 36.4. The Kier molecular flexibility index (Phi) is 49.2. The van der Waals surface area contributed by atoms with Crippen molar-refractivity contribution in [3.05, 3.63) is 94.8 Å². The number of nitrogens with one attached hydrogen (secondary N) is 5. The molecule has 6 aliphatic carbocycles. The summed E-state index contributed by atoms with van der Waals surface area (Å²) in [6.45, 7) is 15.6. The highest BCUT2D eigenvalue weighted by molar-refractivity contribution is 6.02. The number of anilines is 2. The molecule has 3 saturated carbocycles. The van der Waals surface area contributed by atoms with Gasteiger partial charge in [0.05, 0.1) is 157 Å². The summed E-state index contributed by atoms with van der Waals surface area (Å²) in [7, 11) is 6.34. The van der Waals surface area contributed by atoms with Gasteiger partial charge in [-0.15, -0.1) is 11.0 Å². The van der Waals surface area contributed by atoms with E-state index in [1.807, 2.05) is 18.5 Å². The van der Waals surface area contributed by atoms with Gasteiger partial charge >= 0.3 is 12.1 Å². The zero-order chi connectivity index (χ0) is 104. The van der Waals surface area contributed by atoms with Gasteiger partial charge in [-0.25, -0.2) is 23.1 Å². The molecule has 7 aliphatic rings. The minimum atomic E-state index is -2.34. The Hall–Kier alpha value is -9.11. The van der Waals surface area contributed by atoms with E-state index >= 15 is 13.6 Å². The van der Waals surface area contributed by atoms with E-state index in [9.17, 15) is 53.1 Å². The lowest BCUT2D eigenvalue weighted by Gasteiger charge is -2.63. The van der Waals surface area contributed by atoms with E-state index in [0.717, 1.165) is 92.6 Å². The standard InChI is InChI=1S/C108H160F2N10O25/c1-9-23-98-144-96-70-87-88-69-90(109)89-68-83(122)42-45-105(89,4)107(88,110)95(127)71-106(87,5)108(96,145-98)94(126)41-36-76-32-37-81(38-33-76)115-104(132)143-72-77-34-39-80(40-35-77)114-101(129)79(25-20-47-113-103(111)131)67-92(125)99(75(2)3)116-102(130)78(66-84(123)44-52-135-56-60-139-63-62-137-58-54-133-50-22-27-85(124)73-141-86-28-14-11-10-12-15-29-86)24-18-19-46-112-97(128)74-142-93-31-17-13-16-30-91-100(93)117-118-119(91)48-53-136-57-61-140-65-64-138-59-55-134-51-43-82(121)26-21-49-120(6,7)8/h32-35,37-40,42,45,68,75,78-79,86-88,90,93,95-96,98-99,127H,9-14,16-28,30-31,36,41,43-44,46-67,69-74H2,1-8H3,(H6-,111,112,113,114,115,116,128,129,130,131,132)/p+1/t78-,79+,86?,87-,88-,90-,93?,95-,96+,98?,99-,105-,106-,107-,108+/m0/s1. The minimum Gasteiger partial charge on any atom is -0.444 e. The maximum Gasteiger partial charge on any atom is 0.411 e. The van der Waals surface area contributed by atoms with Gasteiger partial charge in [-0.3, -0.25) is 48.5 Å². The van der Waals surface area contributed by atoms with Crippen molar-refractivity contribution in [3.8, 4) is 11.8 Å². The molecule has 3 aromatic rings. The Morgan fingerprint density at radius 1 is 0.648 bits per heavy atom. The molecule has 1 aliphatic heterocycles. The van der Waals surface area contributed by atoms with Crippen LogP contribution in [-0.4, -0.2) is 297 Å². The number of nitrogens with zero attached hydrogens (tertiary/aromatic N) is 4. The predicted molar refractivity (Wildman–Crippen MR) is 535 cm³/mol. The van der Waals surface area contributed by atoms with Crippen LogP contribution < -0.4 is 32.3 Å². The lowest BCUT2D eigenvalue weighted by atomic mass is 9.44. The zero-order valence-electron chi connectivity index (χ0n) is 86.6. The van der Waals surface area contributed by atoms with Crippen LogP contribution in [0.1, 0.15) is 243 Å². The Balaban J connectivity index is 0.666. The van der Waals surface area contributed by atoms with Gasteiger partial charge in [0.15, 0.2) is 40.7 Å². The van der Waals surface area contributed by atoms with Gasteiger partial charge < -0.3 is 98.2 Å². The number of quaternary nitrogens is 1. The van der Waals surface area contributed by atoms with E-state index < -0.39 is 124 Å². The number of allylic oxidation sites excluding steroid dienone is 4. The summed E-state index contributed by atoms with van der Waals surface area (Å²) in [5, 5.41) is 35.1. The number of aryl methyl sites for hydroxylation is 1. The van der Waals surface area contributed by atoms with Gasteiger partial charge in [-0.05, 0) is 175 Å². The minimum absolute atomic E-state index is 0.00232. The molecule has 0 spiro atoms. The van der Waals surface area contributed by atoms with E-state index in [-0.39, 0.29) is 164 Å². The van der Waals surface area contributed by atoms with Crippen LogP contribution in [0.5, 0.6) is 0 Å². The van der Waals surface area contributed by atoms with Gasteiger partial charge in [0.25, 0.3) is 0 Å². The Bertz CT molecular complexity index is 4750. The van der Waals surface area contributed by atoms with Crippen LogP contribution in [0.3, 0.4) is 0 Å². The molecule has 8 N–H and O–H groups in total. The van der Waals surface area contributed by atoms with Gasteiger partial charge in [-0.2, -0.15) is 0 Å². The second-order valence-corrected chi connectivity index (χ2v) is 41.1. The molecule has 1 aromatic heterocycles. The maximum atomic E-state index is 18.1. The van der Waals surface area contributed by atoms with Crippen LogP contribution >= 0.6 is 0 Å². The van der Waals surface area contributed by atoms with Crippen LogP contribution in [0.2, 0.25) is 0 Å². The molecule has 35 nitrogen and oxygen atoms in total. The van der Waals surface area contributed by atoms with E-state index in [1.54, 1.807) is 69.3 Å². The lowest BCUT2D eigenvalue weighted by molar-refractivity contribution is -0.870. The number of hydrogen-bond acceptors (Lipinski definition) is 27. The molecule has 0 radical (unpaired) electrons. The number of fused-ring (bicyclic) bond motifs is 8. The summed E-state index contributed by atoms with van der Waals surface area (Å²) in [6.07, 6.45) is 11.7. The van der Waals surface area contributed by atoms with Crippen LogP contribution in [0.4, 0.5) is 29.7 Å². The quantitative estimate of drug-likeness (QED) is 0.0157. The number of benzene rings is 2. The Morgan fingerprint density at radius 3 is 1.93 bits per heavy atom. The number of halogens is 2.